The maximum Gasteiger partial charge on any atom is 0.223 e. The van der Waals surface area contributed by atoms with Gasteiger partial charge < -0.3 is 14.4 Å². The van der Waals surface area contributed by atoms with Crippen LogP contribution in [-0.4, -0.2) is 48.7 Å². The lowest BCUT2D eigenvalue weighted by Gasteiger charge is -2.22. The molecule has 3 aromatic rings. The number of carbonyl (C=O) groups is 1. The molecule has 6 nitrogen and oxygen atoms in total. The van der Waals surface area contributed by atoms with Crippen molar-refractivity contribution in [2.75, 3.05) is 31.8 Å². The summed E-state index contributed by atoms with van der Waals surface area (Å²) >= 11 is 0. The Bertz CT molecular complexity index is 975. The van der Waals surface area contributed by atoms with Crippen LogP contribution in [0.25, 0.3) is 22.4 Å². The van der Waals surface area contributed by atoms with Crippen molar-refractivity contribution < 1.29 is 14.3 Å². The molecule has 1 atom stereocenters. The highest BCUT2D eigenvalue weighted by molar-refractivity contribution is 5.91. The number of hydrogen-bond acceptors (Lipinski definition) is 4. The summed E-state index contributed by atoms with van der Waals surface area (Å²) < 4.78 is 13.1. The molecule has 29 heavy (non-hydrogen) atoms. The normalized spacial score (nSPS) is 16.6. The van der Waals surface area contributed by atoms with Gasteiger partial charge in [0, 0.05) is 31.4 Å². The van der Waals surface area contributed by atoms with Crippen LogP contribution in [0, 0.1) is 0 Å². The fourth-order valence-corrected chi connectivity index (χ4v) is 3.39. The Morgan fingerprint density at radius 3 is 2.62 bits per heavy atom. The second-order valence-electron chi connectivity index (χ2n) is 7.20. The van der Waals surface area contributed by atoms with Crippen LogP contribution in [0.4, 0.5) is 5.69 Å². The SMILES string of the molecule is CC(=O)N(C)c1ccc(-c2cccc(-c3ccn(C[C@H]4COCCO4)n3)c2)cc1. The van der Waals surface area contributed by atoms with Crippen molar-refractivity contribution in [2.24, 2.45) is 0 Å². The van der Waals surface area contributed by atoms with Crippen molar-refractivity contribution in [3.05, 3.63) is 60.8 Å². The number of rotatable bonds is 5. The third-order valence-electron chi connectivity index (χ3n) is 5.13. The van der Waals surface area contributed by atoms with Crippen LogP contribution in [-0.2, 0) is 20.8 Å². The molecule has 6 heteroatoms. The number of carbonyl (C=O) groups excluding carboxylic acids is 1. The third-order valence-corrected chi connectivity index (χ3v) is 5.13. The van der Waals surface area contributed by atoms with Crippen LogP contribution in [0.2, 0.25) is 0 Å². The summed E-state index contributed by atoms with van der Waals surface area (Å²) in [6.45, 7) is 4.16. The molecule has 1 aliphatic rings. The minimum absolute atomic E-state index is 0.0144. The van der Waals surface area contributed by atoms with Crippen LogP contribution in [0.15, 0.2) is 60.8 Å². The molecule has 0 saturated carbocycles. The number of nitrogens with zero attached hydrogens (tertiary/aromatic N) is 3. The van der Waals surface area contributed by atoms with Gasteiger partial charge in [-0.3, -0.25) is 9.48 Å². The molecule has 150 valence electrons. The van der Waals surface area contributed by atoms with Gasteiger partial charge in [0.1, 0.15) is 6.10 Å². The molecule has 1 aromatic heterocycles. The molecule has 1 saturated heterocycles. The lowest BCUT2D eigenvalue weighted by Crippen LogP contribution is -2.32. The highest BCUT2D eigenvalue weighted by atomic mass is 16.6. The smallest absolute Gasteiger partial charge is 0.223 e. The molecule has 0 radical (unpaired) electrons. The van der Waals surface area contributed by atoms with E-state index in [1.807, 2.05) is 47.3 Å². The Morgan fingerprint density at radius 1 is 1.10 bits per heavy atom. The third kappa shape index (κ3) is 4.55. The molecule has 4 rings (SSSR count). The summed E-state index contributed by atoms with van der Waals surface area (Å²) in [6.07, 6.45) is 2.03. The van der Waals surface area contributed by atoms with E-state index < -0.39 is 0 Å². The summed E-state index contributed by atoms with van der Waals surface area (Å²) in [6, 6.07) is 18.3. The molecule has 0 spiro atoms. The first-order valence-electron chi connectivity index (χ1n) is 9.78. The standard InChI is InChI=1S/C23H25N3O3/c1-17(27)25(2)21-8-6-18(7-9-21)19-4-3-5-20(14-19)23-10-11-26(24-23)15-22-16-28-12-13-29-22/h3-11,14,22H,12-13,15-16H2,1-2H3/t22-/m0/s1. The average molecular weight is 391 g/mol. The Kier molecular flexibility index (Phi) is 5.74. The van der Waals surface area contributed by atoms with Gasteiger partial charge >= 0.3 is 0 Å². The van der Waals surface area contributed by atoms with E-state index >= 15 is 0 Å². The van der Waals surface area contributed by atoms with Crippen molar-refractivity contribution >= 4 is 11.6 Å². The van der Waals surface area contributed by atoms with Crippen LogP contribution >= 0.6 is 0 Å². The topological polar surface area (TPSA) is 56.6 Å². The summed E-state index contributed by atoms with van der Waals surface area (Å²) in [7, 11) is 1.78. The van der Waals surface area contributed by atoms with Gasteiger partial charge in [0.05, 0.1) is 32.1 Å². The Balaban J connectivity index is 1.51. The summed E-state index contributed by atoms with van der Waals surface area (Å²) in [4.78, 5) is 13.2. The van der Waals surface area contributed by atoms with Gasteiger partial charge in [-0.05, 0) is 35.4 Å². The van der Waals surface area contributed by atoms with Crippen molar-refractivity contribution in [1.29, 1.82) is 0 Å². The molecule has 2 aromatic carbocycles. The predicted octanol–water partition coefficient (Wildman–Crippen LogP) is 3.62. The monoisotopic (exact) mass is 391 g/mol. The van der Waals surface area contributed by atoms with Gasteiger partial charge in [-0.1, -0.05) is 30.3 Å². The number of ether oxygens (including phenoxy) is 2. The van der Waals surface area contributed by atoms with E-state index in [1.54, 1.807) is 18.9 Å². The zero-order chi connectivity index (χ0) is 20.2. The minimum atomic E-state index is 0.0144. The number of hydrogen-bond donors (Lipinski definition) is 0. The van der Waals surface area contributed by atoms with Gasteiger partial charge in [0.15, 0.2) is 0 Å². The molecular formula is C23H25N3O3. The first kappa shape index (κ1) is 19.4. The van der Waals surface area contributed by atoms with E-state index in [0.717, 1.165) is 28.1 Å². The lowest BCUT2D eigenvalue weighted by atomic mass is 10.0. The van der Waals surface area contributed by atoms with Crippen molar-refractivity contribution in [3.63, 3.8) is 0 Å². The highest BCUT2D eigenvalue weighted by Crippen LogP contribution is 2.27. The van der Waals surface area contributed by atoms with E-state index in [0.29, 0.717) is 26.4 Å². The molecule has 1 amide bonds. The van der Waals surface area contributed by atoms with E-state index in [9.17, 15) is 4.79 Å². The predicted molar refractivity (Wildman–Crippen MR) is 113 cm³/mol. The number of aromatic nitrogens is 2. The first-order chi connectivity index (χ1) is 14.1. The molecule has 1 fully saturated rings. The average Bonchev–Trinajstić information content (AvgIpc) is 3.22. The first-order valence-corrected chi connectivity index (χ1v) is 9.78. The zero-order valence-corrected chi connectivity index (χ0v) is 16.7. The van der Waals surface area contributed by atoms with Crippen LogP contribution in [0.3, 0.4) is 0 Å². The van der Waals surface area contributed by atoms with E-state index in [4.69, 9.17) is 14.6 Å². The summed E-state index contributed by atoms with van der Waals surface area (Å²) in [5.41, 5.74) is 5.08. The van der Waals surface area contributed by atoms with Crippen LogP contribution < -0.4 is 4.90 Å². The van der Waals surface area contributed by atoms with Gasteiger partial charge in [-0.2, -0.15) is 5.10 Å². The minimum Gasteiger partial charge on any atom is -0.376 e. The van der Waals surface area contributed by atoms with Gasteiger partial charge in [-0.25, -0.2) is 0 Å². The molecule has 0 unspecified atom stereocenters. The Morgan fingerprint density at radius 2 is 1.90 bits per heavy atom. The Hall–Kier alpha value is -2.96. The molecule has 0 N–H and O–H groups in total. The second kappa shape index (κ2) is 8.59. The van der Waals surface area contributed by atoms with Crippen molar-refractivity contribution in [2.45, 2.75) is 19.6 Å². The van der Waals surface area contributed by atoms with Crippen LogP contribution in [0.1, 0.15) is 6.92 Å². The van der Waals surface area contributed by atoms with Crippen LogP contribution in [0.5, 0.6) is 0 Å². The largest absolute Gasteiger partial charge is 0.376 e. The molecule has 2 heterocycles. The van der Waals surface area contributed by atoms with Gasteiger partial charge in [0.25, 0.3) is 0 Å². The lowest BCUT2D eigenvalue weighted by molar-refractivity contribution is -0.116. The van der Waals surface area contributed by atoms with Gasteiger partial charge in [-0.15, -0.1) is 0 Å². The Labute approximate surface area is 170 Å². The summed E-state index contributed by atoms with van der Waals surface area (Å²) in [5.74, 6) is 0.0144. The second-order valence-corrected chi connectivity index (χ2v) is 7.20. The number of amides is 1. The molecule has 0 aliphatic carbocycles. The fourth-order valence-electron chi connectivity index (χ4n) is 3.39. The van der Waals surface area contributed by atoms with E-state index in [1.165, 1.54) is 0 Å². The maximum atomic E-state index is 11.5. The van der Waals surface area contributed by atoms with Crippen molar-refractivity contribution in [1.82, 2.24) is 9.78 Å². The van der Waals surface area contributed by atoms with E-state index in [-0.39, 0.29) is 12.0 Å². The fraction of sp³-hybridized carbons (Fsp3) is 0.304. The summed E-state index contributed by atoms with van der Waals surface area (Å²) in [5, 5.41) is 4.70. The van der Waals surface area contributed by atoms with Crippen molar-refractivity contribution in [3.8, 4) is 22.4 Å². The molecule has 1 aliphatic heterocycles. The van der Waals surface area contributed by atoms with E-state index in [2.05, 4.69) is 18.2 Å². The molecule has 0 bridgehead atoms. The molecular weight excluding hydrogens is 366 g/mol. The highest BCUT2D eigenvalue weighted by Gasteiger charge is 2.15. The number of benzene rings is 2. The van der Waals surface area contributed by atoms with Gasteiger partial charge in [0.2, 0.25) is 5.91 Å². The number of anilines is 1. The quantitative estimate of drug-likeness (QED) is 0.667. The maximum absolute atomic E-state index is 11.5. The zero-order valence-electron chi connectivity index (χ0n) is 16.7.